The molecule has 1 heterocycles. The Morgan fingerprint density at radius 2 is 2.17 bits per heavy atom. The molecule has 0 saturated carbocycles. The van der Waals surface area contributed by atoms with Crippen molar-refractivity contribution in [1.29, 1.82) is 0 Å². The van der Waals surface area contributed by atoms with E-state index in [1.54, 1.807) is 17.8 Å². The molecule has 1 aromatic carbocycles. The van der Waals surface area contributed by atoms with Crippen molar-refractivity contribution in [3.8, 4) is 0 Å². The van der Waals surface area contributed by atoms with E-state index in [2.05, 4.69) is 23.7 Å². The van der Waals surface area contributed by atoms with Gasteiger partial charge in [-0.05, 0) is 18.1 Å². The Morgan fingerprint density at radius 3 is 2.89 bits per heavy atom. The number of thioether (sulfide) groups is 1. The minimum atomic E-state index is 0.531. The van der Waals surface area contributed by atoms with Crippen LogP contribution < -0.4 is 0 Å². The van der Waals surface area contributed by atoms with Crippen LogP contribution in [0.1, 0.15) is 13.8 Å². The number of hydrogen-bond donors (Lipinski definition) is 0. The second-order valence-electron chi connectivity index (χ2n) is 4.66. The fourth-order valence-electron chi connectivity index (χ4n) is 1.83. The van der Waals surface area contributed by atoms with Crippen LogP contribution in [0.15, 0.2) is 23.2 Å². The molecular formula is C13H16Cl2N2S. The van der Waals surface area contributed by atoms with Crippen LogP contribution in [-0.2, 0) is 0 Å². The van der Waals surface area contributed by atoms with E-state index in [1.165, 1.54) is 0 Å². The van der Waals surface area contributed by atoms with E-state index in [1.807, 2.05) is 12.1 Å². The first-order valence-corrected chi connectivity index (χ1v) is 7.72. The lowest BCUT2D eigenvalue weighted by Crippen LogP contribution is -2.28. The van der Waals surface area contributed by atoms with Gasteiger partial charge in [-0.2, -0.15) is 0 Å². The maximum Gasteiger partial charge on any atom is 0.164 e. The minimum absolute atomic E-state index is 0.531. The number of rotatable bonds is 3. The molecule has 1 fully saturated rings. The summed E-state index contributed by atoms with van der Waals surface area (Å²) in [6.45, 7) is 6.52. The van der Waals surface area contributed by atoms with Gasteiger partial charge in [-0.15, -0.1) is 0 Å². The van der Waals surface area contributed by atoms with Crippen LogP contribution in [0.5, 0.6) is 0 Å². The standard InChI is InChI=1S/C13H16Cl2N2S/c1-9(2)8-17-6-7-18-13(17)16-11-5-3-4-10(14)12(11)15/h3-5,9H,6-8H2,1-2H3/b16-13-. The number of benzene rings is 1. The predicted octanol–water partition coefficient (Wildman–Crippen LogP) is 4.69. The molecule has 1 saturated heterocycles. The Balaban J connectivity index is 2.23. The summed E-state index contributed by atoms with van der Waals surface area (Å²) < 4.78 is 0. The van der Waals surface area contributed by atoms with Gasteiger partial charge in [0, 0.05) is 18.8 Å². The van der Waals surface area contributed by atoms with E-state index in [4.69, 9.17) is 23.2 Å². The zero-order valence-electron chi connectivity index (χ0n) is 10.5. The monoisotopic (exact) mass is 302 g/mol. The smallest absolute Gasteiger partial charge is 0.164 e. The molecule has 0 N–H and O–H groups in total. The highest BCUT2D eigenvalue weighted by atomic mass is 35.5. The highest BCUT2D eigenvalue weighted by molar-refractivity contribution is 8.14. The van der Waals surface area contributed by atoms with Crippen molar-refractivity contribution in [3.05, 3.63) is 28.2 Å². The van der Waals surface area contributed by atoms with Crippen LogP contribution in [0, 0.1) is 5.92 Å². The van der Waals surface area contributed by atoms with E-state index < -0.39 is 0 Å². The third-order valence-electron chi connectivity index (χ3n) is 2.60. The van der Waals surface area contributed by atoms with Gasteiger partial charge in [0.15, 0.2) is 5.17 Å². The number of halogens is 2. The van der Waals surface area contributed by atoms with Gasteiger partial charge in [0.2, 0.25) is 0 Å². The Morgan fingerprint density at radius 1 is 1.39 bits per heavy atom. The quantitative estimate of drug-likeness (QED) is 0.805. The van der Waals surface area contributed by atoms with Gasteiger partial charge in [-0.3, -0.25) is 0 Å². The van der Waals surface area contributed by atoms with Crippen molar-refractivity contribution in [2.75, 3.05) is 18.8 Å². The molecule has 2 rings (SSSR count). The normalized spacial score (nSPS) is 18.1. The molecule has 98 valence electrons. The lowest BCUT2D eigenvalue weighted by atomic mass is 10.2. The summed E-state index contributed by atoms with van der Waals surface area (Å²) in [5.41, 5.74) is 0.752. The molecule has 18 heavy (non-hydrogen) atoms. The minimum Gasteiger partial charge on any atom is -0.350 e. The summed E-state index contributed by atoms with van der Waals surface area (Å²) in [7, 11) is 0. The molecule has 0 spiro atoms. The number of amidine groups is 1. The Kier molecular flexibility index (Phi) is 4.82. The summed E-state index contributed by atoms with van der Waals surface area (Å²) >= 11 is 13.9. The largest absolute Gasteiger partial charge is 0.350 e. The highest BCUT2D eigenvalue weighted by Crippen LogP contribution is 2.33. The van der Waals surface area contributed by atoms with Crippen LogP contribution in [0.3, 0.4) is 0 Å². The van der Waals surface area contributed by atoms with Crippen LogP contribution in [0.25, 0.3) is 0 Å². The Labute approximate surface area is 122 Å². The number of nitrogens with zero attached hydrogens (tertiary/aromatic N) is 2. The van der Waals surface area contributed by atoms with Gasteiger partial charge in [0.05, 0.1) is 15.7 Å². The average molecular weight is 303 g/mol. The van der Waals surface area contributed by atoms with Crippen molar-refractivity contribution in [2.24, 2.45) is 10.9 Å². The maximum atomic E-state index is 6.16. The summed E-state index contributed by atoms with van der Waals surface area (Å²) in [4.78, 5) is 6.95. The molecule has 0 radical (unpaired) electrons. The van der Waals surface area contributed by atoms with Gasteiger partial charge in [-0.25, -0.2) is 4.99 Å². The van der Waals surface area contributed by atoms with Crippen LogP contribution in [0.4, 0.5) is 5.69 Å². The summed E-state index contributed by atoms with van der Waals surface area (Å²) in [6.07, 6.45) is 0. The van der Waals surface area contributed by atoms with E-state index in [0.29, 0.717) is 16.0 Å². The topological polar surface area (TPSA) is 15.6 Å². The van der Waals surface area contributed by atoms with E-state index in [9.17, 15) is 0 Å². The van der Waals surface area contributed by atoms with Crippen LogP contribution in [0.2, 0.25) is 10.0 Å². The second kappa shape index (κ2) is 6.18. The third kappa shape index (κ3) is 3.34. The Bertz CT molecular complexity index is 460. The molecule has 0 atom stereocenters. The van der Waals surface area contributed by atoms with Gasteiger partial charge < -0.3 is 4.90 Å². The summed E-state index contributed by atoms with van der Waals surface area (Å²) in [6, 6.07) is 5.55. The number of aliphatic imine (C=N–C) groups is 1. The molecule has 5 heteroatoms. The molecular weight excluding hydrogens is 287 g/mol. The van der Waals surface area contributed by atoms with Crippen molar-refractivity contribution < 1.29 is 0 Å². The first-order chi connectivity index (χ1) is 8.58. The van der Waals surface area contributed by atoms with Crippen molar-refractivity contribution in [3.63, 3.8) is 0 Å². The van der Waals surface area contributed by atoms with Crippen LogP contribution >= 0.6 is 35.0 Å². The SMILES string of the molecule is CC(C)CN1CCS/C1=N\c1cccc(Cl)c1Cl. The molecule has 1 aliphatic rings. The number of hydrogen-bond acceptors (Lipinski definition) is 2. The molecule has 0 amide bonds. The lowest BCUT2D eigenvalue weighted by molar-refractivity contribution is 0.396. The maximum absolute atomic E-state index is 6.16. The molecule has 0 aromatic heterocycles. The fourth-order valence-corrected chi connectivity index (χ4v) is 3.17. The first-order valence-electron chi connectivity index (χ1n) is 5.98. The molecule has 0 unspecified atom stereocenters. The van der Waals surface area contributed by atoms with E-state index in [0.717, 1.165) is 29.7 Å². The molecule has 1 aliphatic heterocycles. The van der Waals surface area contributed by atoms with Crippen molar-refractivity contribution in [2.45, 2.75) is 13.8 Å². The highest BCUT2D eigenvalue weighted by Gasteiger charge is 2.20. The second-order valence-corrected chi connectivity index (χ2v) is 6.50. The zero-order valence-corrected chi connectivity index (χ0v) is 12.8. The van der Waals surface area contributed by atoms with Gasteiger partial charge in [0.1, 0.15) is 0 Å². The van der Waals surface area contributed by atoms with E-state index >= 15 is 0 Å². The lowest BCUT2D eigenvalue weighted by Gasteiger charge is -2.20. The molecule has 1 aromatic rings. The summed E-state index contributed by atoms with van der Waals surface area (Å²) in [5.74, 6) is 1.72. The van der Waals surface area contributed by atoms with Gasteiger partial charge in [-0.1, -0.05) is 54.9 Å². The zero-order chi connectivity index (χ0) is 13.1. The predicted molar refractivity (Wildman–Crippen MR) is 82.4 cm³/mol. The molecule has 2 nitrogen and oxygen atoms in total. The fraction of sp³-hybridized carbons (Fsp3) is 0.462. The molecule has 0 bridgehead atoms. The summed E-state index contributed by atoms with van der Waals surface area (Å²) in [5, 5.41) is 2.13. The van der Waals surface area contributed by atoms with Gasteiger partial charge >= 0.3 is 0 Å². The molecule has 0 aliphatic carbocycles. The van der Waals surface area contributed by atoms with E-state index in [-0.39, 0.29) is 0 Å². The first kappa shape index (κ1) is 14.0. The van der Waals surface area contributed by atoms with Crippen molar-refractivity contribution in [1.82, 2.24) is 4.90 Å². The van der Waals surface area contributed by atoms with Crippen LogP contribution in [-0.4, -0.2) is 28.9 Å². The Hall–Kier alpha value is -0.380. The third-order valence-corrected chi connectivity index (χ3v) is 4.40. The van der Waals surface area contributed by atoms with Crippen molar-refractivity contribution >= 4 is 45.8 Å². The average Bonchev–Trinajstić information content (AvgIpc) is 2.72. The van der Waals surface area contributed by atoms with Gasteiger partial charge in [0.25, 0.3) is 0 Å².